The topological polar surface area (TPSA) is 82.3 Å². The highest BCUT2D eigenvalue weighted by Gasteiger charge is 2.14. The van der Waals surface area contributed by atoms with E-state index in [0.717, 1.165) is 5.69 Å². The van der Waals surface area contributed by atoms with Gasteiger partial charge in [-0.1, -0.05) is 11.6 Å². The molecular weight excluding hydrogens is 280 g/mol. The molecule has 0 aliphatic heterocycles. The number of ether oxygens (including phenoxy) is 2. The molecule has 1 aromatic carbocycles. The fourth-order valence-electron chi connectivity index (χ4n) is 1.82. The van der Waals surface area contributed by atoms with Crippen molar-refractivity contribution >= 4 is 17.4 Å². The lowest BCUT2D eigenvalue weighted by Crippen LogP contribution is -2.10. The molecule has 2 aromatic rings. The molecule has 2 rings (SSSR count). The maximum absolute atomic E-state index is 6.18. The molecule has 0 atom stereocenters. The van der Waals surface area contributed by atoms with E-state index in [2.05, 4.69) is 15.4 Å². The predicted molar refractivity (Wildman–Crippen MR) is 78.1 cm³/mol. The Morgan fingerprint density at radius 1 is 1.15 bits per heavy atom. The number of nitrogens with zero attached hydrogens (tertiary/aromatic N) is 2. The number of aryl methyl sites for hydroxylation is 1. The summed E-state index contributed by atoms with van der Waals surface area (Å²) >= 11 is 6.18. The number of rotatable bonds is 4. The average Bonchev–Trinajstić information content (AvgIpc) is 2.45. The van der Waals surface area contributed by atoms with Gasteiger partial charge in [-0.15, -0.1) is 0 Å². The second-order valence-electron chi connectivity index (χ2n) is 4.06. The maximum Gasteiger partial charge on any atom is 0.179 e. The van der Waals surface area contributed by atoms with Crippen LogP contribution in [0.3, 0.4) is 0 Å². The van der Waals surface area contributed by atoms with Gasteiger partial charge < -0.3 is 14.9 Å². The van der Waals surface area contributed by atoms with E-state index in [1.807, 2.05) is 6.92 Å². The largest absolute Gasteiger partial charge is 0.493 e. The van der Waals surface area contributed by atoms with Crippen molar-refractivity contribution < 1.29 is 9.47 Å². The van der Waals surface area contributed by atoms with Crippen LogP contribution < -0.4 is 20.7 Å². The van der Waals surface area contributed by atoms with Crippen LogP contribution >= 0.6 is 11.6 Å². The Morgan fingerprint density at radius 2 is 1.90 bits per heavy atom. The molecule has 0 bridgehead atoms. The van der Waals surface area contributed by atoms with E-state index < -0.39 is 0 Å². The Labute approximate surface area is 121 Å². The Hall–Kier alpha value is -2.05. The summed E-state index contributed by atoms with van der Waals surface area (Å²) in [5, 5.41) is 0.425. The van der Waals surface area contributed by atoms with E-state index in [1.165, 1.54) is 7.11 Å². The van der Waals surface area contributed by atoms with Gasteiger partial charge in [0.25, 0.3) is 0 Å². The number of methoxy groups -OCH3 is 2. The van der Waals surface area contributed by atoms with Crippen molar-refractivity contribution in [3.8, 4) is 22.9 Å². The normalized spacial score (nSPS) is 10.2. The second-order valence-corrected chi connectivity index (χ2v) is 4.46. The fraction of sp³-hybridized carbons (Fsp3) is 0.231. The fourth-order valence-corrected chi connectivity index (χ4v) is 2.11. The van der Waals surface area contributed by atoms with Crippen molar-refractivity contribution in [1.82, 2.24) is 9.97 Å². The Morgan fingerprint density at radius 3 is 2.50 bits per heavy atom. The smallest absolute Gasteiger partial charge is 0.179 e. The summed E-state index contributed by atoms with van der Waals surface area (Å²) in [6.45, 7) is 1.86. The number of halogens is 1. The molecule has 7 heteroatoms. The average molecular weight is 295 g/mol. The first kappa shape index (κ1) is 14.4. The van der Waals surface area contributed by atoms with E-state index >= 15 is 0 Å². The van der Waals surface area contributed by atoms with Crippen LogP contribution in [-0.2, 0) is 0 Å². The van der Waals surface area contributed by atoms with Crippen LogP contribution in [0, 0.1) is 6.92 Å². The highest BCUT2D eigenvalue weighted by Crippen LogP contribution is 2.38. The van der Waals surface area contributed by atoms with Crippen LogP contribution in [0.2, 0.25) is 5.02 Å². The molecule has 0 amide bonds. The summed E-state index contributed by atoms with van der Waals surface area (Å²) in [5.74, 6) is 7.40. The molecule has 3 N–H and O–H groups in total. The van der Waals surface area contributed by atoms with Crippen molar-refractivity contribution in [3.63, 3.8) is 0 Å². The van der Waals surface area contributed by atoms with Gasteiger partial charge in [0, 0.05) is 17.3 Å². The van der Waals surface area contributed by atoms with Gasteiger partial charge >= 0.3 is 0 Å². The standard InChI is InChI=1S/C13H15ClN4O2/c1-7-4-11(18-15)17-13(16-7)8-5-9(14)12(20-3)10(6-8)19-2/h4-6H,15H2,1-3H3,(H,16,17,18). The third-order valence-corrected chi connectivity index (χ3v) is 2.97. The molecule has 106 valence electrons. The number of benzene rings is 1. The molecule has 0 saturated carbocycles. The minimum atomic E-state index is 0.425. The van der Waals surface area contributed by atoms with Gasteiger partial charge in [-0.25, -0.2) is 15.8 Å². The molecule has 6 nitrogen and oxygen atoms in total. The minimum absolute atomic E-state index is 0.425. The van der Waals surface area contributed by atoms with E-state index in [1.54, 1.807) is 25.3 Å². The van der Waals surface area contributed by atoms with Crippen LogP contribution in [0.5, 0.6) is 11.5 Å². The van der Waals surface area contributed by atoms with Crippen LogP contribution in [-0.4, -0.2) is 24.2 Å². The van der Waals surface area contributed by atoms with Gasteiger partial charge in [0.1, 0.15) is 5.82 Å². The van der Waals surface area contributed by atoms with E-state index in [-0.39, 0.29) is 0 Å². The molecule has 0 spiro atoms. The molecule has 0 fully saturated rings. The predicted octanol–water partition coefficient (Wildman–Crippen LogP) is 2.41. The second kappa shape index (κ2) is 5.94. The van der Waals surface area contributed by atoms with Gasteiger partial charge in [0.15, 0.2) is 17.3 Å². The summed E-state index contributed by atoms with van der Waals surface area (Å²) in [5.41, 5.74) is 4.01. The molecule has 20 heavy (non-hydrogen) atoms. The van der Waals surface area contributed by atoms with Crippen molar-refractivity contribution in [2.45, 2.75) is 6.92 Å². The van der Waals surface area contributed by atoms with Crippen molar-refractivity contribution in [2.24, 2.45) is 5.84 Å². The van der Waals surface area contributed by atoms with E-state index in [4.69, 9.17) is 26.9 Å². The van der Waals surface area contributed by atoms with Crippen LogP contribution in [0.4, 0.5) is 5.82 Å². The van der Waals surface area contributed by atoms with Gasteiger partial charge in [-0.3, -0.25) is 0 Å². The Bertz CT molecular complexity index is 634. The van der Waals surface area contributed by atoms with Crippen molar-refractivity contribution in [3.05, 3.63) is 28.9 Å². The highest BCUT2D eigenvalue weighted by atomic mass is 35.5. The zero-order chi connectivity index (χ0) is 14.7. The summed E-state index contributed by atoms with van der Waals surface area (Å²) < 4.78 is 10.5. The van der Waals surface area contributed by atoms with E-state index in [9.17, 15) is 0 Å². The number of aromatic nitrogens is 2. The third-order valence-electron chi connectivity index (χ3n) is 2.69. The maximum atomic E-state index is 6.18. The van der Waals surface area contributed by atoms with Gasteiger partial charge in [-0.05, 0) is 19.1 Å². The van der Waals surface area contributed by atoms with Crippen LogP contribution in [0.1, 0.15) is 5.69 Å². The van der Waals surface area contributed by atoms with Crippen molar-refractivity contribution in [1.29, 1.82) is 0 Å². The minimum Gasteiger partial charge on any atom is -0.493 e. The van der Waals surface area contributed by atoms with Gasteiger partial charge in [0.2, 0.25) is 0 Å². The van der Waals surface area contributed by atoms with E-state index in [0.29, 0.717) is 33.7 Å². The third kappa shape index (κ3) is 2.76. The van der Waals surface area contributed by atoms with Crippen LogP contribution in [0.25, 0.3) is 11.4 Å². The number of nitrogens with two attached hydrogens (primary N) is 1. The zero-order valence-corrected chi connectivity index (χ0v) is 12.2. The summed E-state index contributed by atoms with van der Waals surface area (Å²) in [6.07, 6.45) is 0. The molecule has 0 aliphatic carbocycles. The number of hydrogen-bond acceptors (Lipinski definition) is 6. The SMILES string of the molecule is COc1cc(-c2nc(C)cc(NN)n2)cc(Cl)c1OC. The lowest BCUT2D eigenvalue weighted by molar-refractivity contribution is 0.355. The molecular formula is C13H15ClN4O2. The number of nitrogen functional groups attached to an aromatic ring is 1. The zero-order valence-electron chi connectivity index (χ0n) is 11.4. The van der Waals surface area contributed by atoms with Crippen molar-refractivity contribution in [2.75, 3.05) is 19.6 Å². The molecule has 0 saturated heterocycles. The lowest BCUT2D eigenvalue weighted by atomic mass is 10.2. The molecule has 0 unspecified atom stereocenters. The number of hydrazine groups is 1. The lowest BCUT2D eigenvalue weighted by Gasteiger charge is -2.12. The molecule has 1 heterocycles. The molecule has 0 aliphatic rings. The number of hydrogen-bond donors (Lipinski definition) is 2. The number of anilines is 1. The Kier molecular flexibility index (Phi) is 4.26. The first-order chi connectivity index (χ1) is 9.58. The quantitative estimate of drug-likeness (QED) is 0.665. The highest BCUT2D eigenvalue weighted by molar-refractivity contribution is 6.32. The summed E-state index contributed by atoms with van der Waals surface area (Å²) in [4.78, 5) is 8.65. The molecule has 0 radical (unpaired) electrons. The van der Waals surface area contributed by atoms with Gasteiger partial charge in [-0.2, -0.15) is 0 Å². The van der Waals surface area contributed by atoms with Gasteiger partial charge in [0.05, 0.1) is 19.2 Å². The number of nitrogens with one attached hydrogen (secondary N) is 1. The summed E-state index contributed by atoms with van der Waals surface area (Å²) in [6, 6.07) is 5.23. The molecule has 1 aromatic heterocycles. The van der Waals surface area contributed by atoms with Crippen LogP contribution in [0.15, 0.2) is 18.2 Å². The Balaban J connectivity index is 2.58. The monoisotopic (exact) mass is 294 g/mol. The summed E-state index contributed by atoms with van der Waals surface area (Å²) in [7, 11) is 3.07. The first-order valence-corrected chi connectivity index (χ1v) is 6.21. The first-order valence-electron chi connectivity index (χ1n) is 5.83.